The molecular formula is C37H62ClN9O7. The Hall–Kier alpha value is -3.35. The van der Waals surface area contributed by atoms with E-state index < -0.39 is 36.9 Å². The molecule has 0 saturated carbocycles. The van der Waals surface area contributed by atoms with Gasteiger partial charge in [-0.3, -0.25) is 9.69 Å². The zero-order valence-electron chi connectivity index (χ0n) is 31.7. The molecule has 5 atom stereocenters. The number of anilines is 2. The molecule has 12 N–H and O–H groups in total. The molecule has 304 valence electrons. The highest BCUT2D eigenvalue weighted by Gasteiger charge is 2.31. The first-order valence-electron chi connectivity index (χ1n) is 19.0. The van der Waals surface area contributed by atoms with Gasteiger partial charge in [0.2, 0.25) is 0 Å². The predicted molar refractivity (Wildman–Crippen MR) is 209 cm³/mol. The van der Waals surface area contributed by atoms with Crippen LogP contribution >= 0.6 is 11.6 Å². The zero-order valence-corrected chi connectivity index (χ0v) is 32.4. The van der Waals surface area contributed by atoms with E-state index in [4.69, 9.17) is 28.2 Å². The number of piperidine rings is 1. The van der Waals surface area contributed by atoms with Gasteiger partial charge in [-0.05, 0) is 75.2 Å². The van der Waals surface area contributed by atoms with Gasteiger partial charge in [-0.2, -0.15) is 0 Å². The van der Waals surface area contributed by atoms with Gasteiger partial charge in [0.25, 0.3) is 5.91 Å². The number of nitrogens with two attached hydrogens (primary N) is 2. The van der Waals surface area contributed by atoms with E-state index in [1.807, 2.05) is 21.9 Å². The predicted octanol–water partition coefficient (Wildman–Crippen LogP) is 0.521. The number of aliphatic hydroxyl groups excluding tert-OH is 5. The SMILES string of the molecule is CCCCCCN(CCNC(=O)N1CCC(CNC[C@H](CNC(=O)c2nc(Cl)c(N)nc2N)Cc2ccccc2C)CC1)C[C@H](O)[C@@H](O)[C@H](O)[C@H](O)CO. The monoisotopic (exact) mass is 779 g/mol. The topological polar surface area (TPSA) is 256 Å². The van der Waals surface area contributed by atoms with E-state index in [0.717, 1.165) is 51.5 Å². The minimum absolute atomic E-state index is 0.0374. The summed E-state index contributed by atoms with van der Waals surface area (Å²) < 4.78 is 0. The van der Waals surface area contributed by atoms with E-state index in [1.54, 1.807) is 0 Å². The summed E-state index contributed by atoms with van der Waals surface area (Å²) in [6.45, 7) is 7.90. The van der Waals surface area contributed by atoms with Crippen molar-refractivity contribution in [2.45, 2.75) is 83.2 Å². The van der Waals surface area contributed by atoms with Crippen molar-refractivity contribution in [2.24, 2.45) is 11.8 Å². The van der Waals surface area contributed by atoms with E-state index >= 15 is 0 Å². The molecule has 1 saturated heterocycles. The summed E-state index contributed by atoms with van der Waals surface area (Å²) in [5.41, 5.74) is 13.8. The first kappa shape index (κ1) is 45.0. The number of halogens is 1. The number of carbonyl (C=O) groups is 2. The van der Waals surface area contributed by atoms with Crippen molar-refractivity contribution in [1.29, 1.82) is 0 Å². The quantitative estimate of drug-likeness (QED) is 0.0692. The highest BCUT2D eigenvalue weighted by molar-refractivity contribution is 6.31. The minimum Gasteiger partial charge on any atom is -0.394 e. The molecular weight excluding hydrogens is 718 g/mol. The van der Waals surface area contributed by atoms with Crippen LogP contribution in [0.15, 0.2) is 24.3 Å². The van der Waals surface area contributed by atoms with Gasteiger partial charge in [0, 0.05) is 39.3 Å². The molecule has 2 heterocycles. The molecule has 1 aromatic heterocycles. The van der Waals surface area contributed by atoms with Crippen LogP contribution < -0.4 is 27.4 Å². The number of amides is 3. The minimum atomic E-state index is -1.69. The first-order chi connectivity index (χ1) is 25.8. The van der Waals surface area contributed by atoms with Crippen molar-refractivity contribution >= 4 is 35.2 Å². The zero-order chi connectivity index (χ0) is 39.6. The first-order valence-corrected chi connectivity index (χ1v) is 19.4. The third-order valence-electron chi connectivity index (χ3n) is 10.0. The molecule has 2 aromatic rings. The van der Waals surface area contributed by atoms with Crippen LogP contribution in [0.5, 0.6) is 0 Å². The third-order valence-corrected chi connectivity index (χ3v) is 10.3. The van der Waals surface area contributed by atoms with E-state index in [0.29, 0.717) is 51.7 Å². The number of nitrogens with one attached hydrogen (secondary N) is 3. The summed E-state index contributed by atoms with van der Waals surface area (Å²) in [7, 11) is 0. The average Bonchev–Trinajstić information content (AvgIpc) is 3.16. The van der Waals surface area contributed by atoms with Gasteiger partial charge in [0.05, 0.1) is 12.7 Å². The van der Waals surface area contributed by atoms with Crippen molar-refractivity contribution in [3.63, 3.8) is 0 Å². The van der Waals surface area contributed by atoms with Gasteiger partial charge in [0.1, 0.15) is 18.3 Å². The van der Waals surface area contributed by atoms with E-state index in [2.05, 4.69) is 51.9 Å². The Kier molecular flexibility index (Phi) is 19.6. The highest BCUT2D eigenvalue weighted by atomic mass is 35.5. The summed E-state index contributed by atoms with van der Waals surface area (Å²) in [5.74, 6) is -0.170. The highest BCUT2D eigenvalue weighted by Crippen LogP contribution is 2.19. The maximum Gasteiger partial charge on any atom is 0.317 e. The lowest BCUT2D eigenvalue weighted by atomic mass is 9.94. The lowest BCUT2D eigenvalue weighted by molar-refractivity contribution is -0.119. The second-order valence-electron chi connectivity index (χ2n) is 14.3. The normalized spacial score (nSPS) is 16.5. The average molecular weight is 780 g/mol. The fraction of sp³-hybridized carbons (Fsp3) is 0.676. The maximum absolute atomic E-state index is 13.0. The Labute approximate surface area is 323 Å². The summed E-state index contributed by atoms with van der Waals surface area (Å²) >= 11 is 5.98. The molecule has 1 aliphatic rings. The van der Waals surface area contributed by atoms with Crippen LogP contribution in [0.4, 0.5) is 16.4 Å². The van der Waals surface area contributed by atoms with Gasteiger partial charge >= 0.3 is 6.03 Å². The number of aliphatic hydroxyl groups is 5. The fourth-order valence-corrected chi connectivity index (χ4v) is 6.68. The molecule has 1 aliphatic heterocycles. The number of rotatable bonds is 23. The second-order valence-corrected chi connectivity index (χ2v) is 14.7. The third kappa shape index (κ3) is 14.7. The van der Waals surface area contributed by atoms with Gasteiger partial charge < -0.3 is 57.9 Å². The van der Waals surface area contributed by atoms with Crippen molar-refractivity contribution in [2.75, 3.05) is 77.0 Å². The number of benzene rings is 1. The number of urea groups is 1. The number of aryl methyl sites for hydroxylation is 1. The second kappa shape index (κ2) is 23.5. The number of nitrogen functional groups attached to an aromatic ring is 2. The molecule has 3 rings (SSSR count). The van der Waals surface area contributed by atoms with Crippen LogP contribution in [0.3, 0.4) is 0 Å². The van der Waals surface area contributed by atoms with Gasteiger partial charge in [-0.15, -0.1) is 0 Å². The molecule has 0 radical (unpaired) electrons. The Balaban J connectivity index is 1.46. The van der Waals surface area contributed by atoms with Crippen molar-refractivity contribution in [3.8, 4) is 0 Å². The molecule has 0 aliphatic carbocycles. The summed E-state index contributed by atoms with van der Waals surface area (Å²) in [5, 5.41) is 59.1. The van der Waals surface area contributed by atoms with Gasteiger partial charge in [-0.1, -0.05) is 62.1 Å². The lowest BCUT2D eigenvalue weighted by Gasteiger charge is -2.33. The van der Waals surface area contributed by atoms with Crippen LogP contribution in [0.1, 0.15) is 67.1 Å². The van der Waals surface area contributed by atoms with Crippen molar-refractivity contribution < 1.29 is 35.1 Å². The molecule has 16 nitrogen and oxygen atoms in total. The van der Waals surface area contributed by atoms with Crippen molar-refractivity contribution in [1.82, 2.24) is 35.7 Å². The molecule has 0 unspecified atom stereocenters. The molecule has 1 fully saturated rings. The van der Waals surface area contributed by atoms with E-state index in [9.17, 15) is 30.0 Å². The summed E-state index contributed by atoms with van der Waals surface area (Å²) in [6, 6.07) is 8.00. The standard InChI is InChI=1S/C37H62ClN9O7/c1-3-4-5-8-14-46(22-28(49)31(51)32(52)29(50)23-48)17-13-42-37(54)47-15-11-25(12-16-47)19-41-20-26(18-27-10-7-6-9-24(27)2)21-43-36(53)30-34(39)45-35(40)33(38)44-30/h6-7,9-10,25-26,28-29,31-32,41,48-52H,3-5,8,11-23H2,1-2H3,(H,42,54)(H,43,53)(H4,39,40,45)/t26-,28+,29-,31-,32-/m1/s1. The smallest absolute Gasteiger partial charge is 0.317 e. The Morgan fingerprint density at radius 2 is 1.67 bits per heavy atom. The largest absolute Gasteiger partial charge is 0.394 e. The number of aromatic nitrogens is 2. The number of unbranched alkanes of at least 4 members (excludes halogenated alkanes) is 3. The van der Waals surface area contributed by atoms with E-state index in [-0.39, 0.29) is 41.0 Å². The molecule has 54 heavy (non-hydrogen) atoms. The number of nitrogens with zero attached hydrogens (tertiary/aromatic N) is 4. The Morgan fingerprint density at radius 3 is 2.35 bits per heavy atom. The van der Waals surface area contributed by atoms with Crippen molar-refractivity contribution in [3.05, 3.63) is 46.2 Å². The fourth-order valence-electron chi connectivity index (χ4n) is 6.55. The van der Waals surface area contributed by atoms with Crippen LogP contribution in [0.2, 0.25) is 5.15 Å². The maximum atomic E-state index is 13.0. The number of hydrogen-bond acceptors (Lipinski definition) is 13. The Bertz CT molecular complexity index is 1440. The summed E-state index contributed by atoms with van der Waals surface area (Å²) in [6.07, 6.45) is 0.202. The van der Waals surface area contributed by atoms with E-state index in [1.165, 1.54) is 11.1 Å². The molecule has 0 bridgehead atoms. The van der Waals surface area contributed by atoms with Gasteiger partial charge in [-0.25, -0.2) is 14.8 Å². The van der Waals surface area contributed by atoms with Gasteiger partial charge in [0.15, 0.2) is 22.5 Å². The summed E-state index contributed by atoms with van der Waals surface area (Å²) in [4.78, 5) is 37.6. The Morgan fingerprint density at radius 1 is 0.963 bits per heavy atom. The number of likely N-dealkylation sites (tertiary alicyclic amines) is 1. The lowest BCUT2D eigenvalue weighted by Crippen LogP contribution is -2.51. The number of hydrogen-bond donors (Lipinski definition) is 10. The van der Waals surface area contributed by atoms with Crippen LogP contribution in [0, 0.1) is 18.8 Å². The molecule has 3 amide bonds. The van der Waals surface area contributed by atoms with Crippen LogP contribution in [0.25, 0.3) is 0 Å². The number of carbonyl (C=O) groups excluding carboxylic acids is 2. The van der Waals surface area contributed by atoms with Crippen LogP contribution in [-0.4, -0.2) is 147 Å². The van der Waals surface area contributed by atoms with Crippen LogP contribution in [-0.2, 0) is 6.42 Å². The molecule has 1 aromatic carbocycles. The molecule has 0 spiro atoms. The molecule has 17 heteroatoms.